The smallest absolute Gasteiger partial charge is 0.243 e. The number of carbonyl (C=O) groups is 3. The van der Waals surface area contributed by atoms with Gasteiger partial charge in [0, 0.05) is 51.7 Å². The van der Waals surface area contributed by atoms with Crippen LogP contribution in [0.5, 0.6) is 5.75 Å². The van der Waals surface area contributed by atoms with Crippen molar-refractivity contribution in [3.63, 3.8) is 0 Å². The summed E-state index contributed by atoms with van der Waals surface area (Å²) in [7, 11) is 1.56. The first-order valence-electron chi connectivity index (χ1n) is 14.4. The number of nitrogens with one attached hydrogen (secondary N) is 3. The van der Waals surface area contributed by atoms with Gasteiger partial charge in [-0.05, 0) is 82.2 Å². The van der Waals surface area contributed by atoms with Gasteiger partial charge in [-0.3, -0.25) is 14.4 Å². The van der Waals surface area contributed by atoms with Gasteiger partial charge in [-0.15, -0.1) is 11.8 Å². The summed E-state index contributed by atoms with van der Waals surface area (Å²) in [4.78, 5) is 43.3. The molecule has 0 spiro atoms. The number of likely N-dealkylation sites (tertiary alicyclic amines) is 1. The summed E-state index contributed by atoms with van der Waals surface area (Å²) in [6, 6.07) is 15.9. The zero-order valence-corrected chi connectivity index (χ0v) is 25.3. The molecule has 2 aromatic rings. The molecule has 3 amide bonds. The molecule has 3 N–H and O–H groups in total. The highest BCUT2D eigenvalue weighted by Gasteiger charge is 2.47. The monoisotopic (exact) mass is 596 g/mol. The van der Waals surface area contributed by atoms with E-state index < -0.39 is 22.6 Å². The van der Waals surface area contributed by atoms with Crippen molar-refractivity contribution < 1.29 is 22.0 Å². The number of methoxy groups -OCH3 is 1. The number of benzene rings is 2. The number of nitriles is 1. The fraction of sp³-hybridized carbons (Fsp3) is 0.484. The minimum absolute atomic E-state index is 0. The maximum Gasteiger partial charge on any atom is 0.243 e. The summed E-state index contributed by atoms with van der Waals surface area (Å²) >= 11 is 1.45. The summed E-state index contributed by atoms with van der Waals surface area (Å²) in [6.45, 7) is 7.37. The van der Waals surface area contributed by atoms with Crippen LogP contribution in [0.4, 0.5) is 17.1 Å². The quantitative estimate of drug-likeness (QED) is 0.326. The van der Waals surface area contributed by atoms with Crippen LogP contribution in [0.1, 0.15) is 36.0 Å². The fourth-order valence-corrected chi connectivity index (χ4v) is 6.66. The number of thioether (sulfide) groups is 1. The van der Waals surface area contributed by atoms with E-state index in [4.69, 9.17) is 4.74 Å². The van der Waals surface area contributed by atoms with E-state index in [9.17, 15) is 19.6 Å². The molecule has 2 saturated heterocycles. The van der Waals surface area contributed by atoms with E-state index in [-0.39, 0.29) is 14.7 Å². The lowest BCUT2D eigenvalue weighted by Gasteiger charge is -2.44. The summed E-state index contributed by atoms with van der Waals surface area (Å²) < 4.78 is 4.36. The third kappa shape index (κ3) is 7.75. The average Bonchev–Trinajstić information content (AvgIpc) is 3.52. The van der Waals surface area contributed by atoms with Crippen molar-refractivity contribution in [2.75, 3.05) is 61.5 Å². The van der Waals surface area contributed by atoms with Gasteiger partial charge in [0.05, 0.1) is 19.2 Å². The van der Waals surface area contributed by atoms with E-state index >= 15 is 0 Å². The van der Waals surface area contributed by atoms with Crippen LogP contribution >= 0.6 is 11.8 Å². The second-order valence-corrected chi connectivity index (χ2v) is 12.3. The Labute approximate surface area is 255 Å². The van der Waals surface area contributed by atoms with Gasteiger partial charge in [0.1, 0.15) is 16.4 Å². The molecule has 2 unspecified atom stereocenters. The third-order valence-electron chi connectivity index (χ3n) is 7.82. The number of nitrogens with zero attached hydrogens (tertiary/aromatic N) is 3. The Balaban J connectivity index is 0.00000337. The molecule has 2 aliphatic heterocycles. The molecule has 0 bridgehead atoms. The lowest BCUT2D eigenvalue weighted by Crippen LogP contribution is -2.60. The summed E-state index contributed by atoms with van der Waals surface area (Å²) in [5, 5.41) is 19.1. The van der Waals surface area contributed by atoms with Gasteiger partial charge in [0.25, 0.3) is 0 Å². The molecule has 2 heterocycles. The summed E-state index contributed by atoms with van der Waals surface area (Å²) in [6.07, 6.45) is 2.85. The van der Waals surface area contributed by atoms with Crippen LogP contribution in [-0.2, 0) is 14.4 Å². The van der Waals surface area contributed by atoms with Gasteiger partial charge in [-0.25, -0.2) is 0 Å². The average molecular weight is 597 g/mol. The van der Waals surface area contributed by atoms with E-state index in [1.807, 2.05) is 38.1 Å². The van der Waals surface area contributed by atoms with Crippen molar-refractivity contribution in [3.05, 3.63) is 48.5 Å². The van der Waals surface area contributed by atoms with Gasteiger partial charge in [-0.2, -0.15) is 5.26 Å². The predicted molar refractivity (Wildman–Crippen MR) is 171 cm³/mol. The molecule has 3 atom stereocenters. The van der Waals surface area contributed by atoms with Crippen molar-refractivity contribution in [3.8, 4) is 11.8 Å². The van der Waals surface area contributed by atoms with Crippen LogP contribution in [0.15, 0.2) is 48.5 Å². The Bertz CT molecular complexity index is 1300. The van der Waals surface area contributed by atoms with Crippen LogP contribution in [0.3, 0.4) is 0 Å². The number of carbonyl (C=O) groups excluding carboxylic acids is 3. The highest BCUT2D eigenvalue weighted by atomic mass is 32.2. The van der Waals surface area contributed by atoms with Crippen LogP contribution in [-0.4, -0.2) is 83.9 Å². The van der Waals surface area contributed by atoms with Gasteiger partial charge in [0.2, 0.25) is 17.7 Å². The maximum atomic E-state index is 13.7. The Kier molecular flexibility index (Phi) is 10.7. The first-order chi connectivity index (χ1) is 20.3. The SMILES string of the molecule is CCN1C(=O)C(C)(CNc2cccc(NC(=O)CCN3CCCC3)c2)SCC1[C@H](C#N)C(=O)Nc1ccc(OC)cc1.[HH].[HH]. The minimum Gasteiger partial charge on any atom is -0.497 e. The Morgan fingerprint density at radius 1 is 1.14 bits per heavy atom. The zero-order chi connectivity index (χ0) is 30.1. The number of hydrogen-bond acceptors (Lipinski definition) is 8. The van der Waals surface area contributed by atoms with Crippen molar-refractivity contribution in [2.24, 2.45) is 5.92 Å². The van der Waals surface area contributed by atoms with Crippen LogP contribution in [0.2, 0.25) is 0 Å². The minimum atomic E-state index is -1.02. The number of rotatable bonds is 12. The van der Waals surface area contributed by atoms with Gasteiger partial charge >= 0.3 is 0 Å². The normalized spacial score (nSPS) is 21.3. The fourth-order valence-electron chi connectivity index (χ4n) is 5.34. The van der Waals surface area contributed by atoms with Gasteiger partial charge in [-0.1, -0.05) is 6.07 Å². The number of hydrogen-bond donors (Lipinski definition) is 3. The Hall–Kier alpha value is -3.75. The molecule has 11 heteroatoms. The molecule has 0 radical (unpaired) electrons. The highest BCUT2D eigenvalue weighted by Crippen LogP contribution is 2.37. The number of anilines is 3. The second-order valence-electron chi connectivity index (χ2n) is 10.8. The summed E-state index contributed by atoms with van der Waals surface area (Å²) in [5.41, 5.74) is 2.05. The van der Waals surface area contributed by atoms with Crippen LogP contribution < -0.4 is 20.7 Å². The van der Waals surface area contributed by atoms with Crippen molar-refractivity contribution in [1.82, 2.24) is 9.80 Å². The third-order valence-corrected chi connectivity index (χ3v) is 9.29. The molecule has 0 saturated carbocycles. The molecule has 10 nitrogen and oxygen atoms in total. The predicted octanol–water partition coefficient (Wildman–Crippen LogP) is 4.52. The lowest BCUT2D eigenvalue weighted by atomic mass is 9.97. The van der Waals surface area contributed by atoms with E-state index in [1.54, 1.807) is 36.3 Å². The zero-order valence-electron chi connectivity index (χ0n) is 24.5. The van der Waals surface area contributed by atoms with Crippen LogP contribution in [0.25, 0.3) is 0 Å². The molecule has 2 aromatic carbocycles. The molecule has 0 aromatic heterocycles. The van der Waals surface area contributed by atoms with Gasteiger partial charge < -0.3 is 30.5 Å². The molecular formula is C31H44N6O4S. The van der Waals surface area contributed by atoms with E-state index in [1.165, 1.54) is 24.6 Å². The largest absolute Gasteiger partial charge is 0.497 e. The molecule has 0 aliphatic carbocycles. The van der Waals surface area contributed by atoms with Crippen molar-refractivity contribution >= 4 is 46.5 Å². The lowest BCUT2D eigenvalue weighted by molar-refractivity contribution is -0.137. The molecule has 42 heavy (non-hydrogen) atoms. The molecule has 2 aliphatic rings. The maximum absolute atomic E-state index is 13.7. The molecule has 2 fully saturated rings. The summed E-state index contributed by atoms with van der Waals surface area (Å²) in [5.74, 6) is -0.501. The van der Waals surface area contributed by atoms with E-state index in [0.717, 1.165) is 25.3 Å². The molecular weight excluding hydrogens is 552 g/mol. The van der Waals surface area contributed by atoms with Crippen molar-refractivity contribution in [2.45, 2.75) is 43.9 Å². The van der Waals surface area contributed by atoms with Crippen LogP contribution in [0, 0.1) is 17.2 Å². The standard InChI is InChI=1S/C31H40N6O4S.2H2/c1-4-37-27(26(19-32)29(39)35-22-10-12-25(41-3)13-11-22)20-42-31(2,30(37)40)21-33-23-8-7-9-24(18-23)34-28(38)14-17-36-15-5-6-16-36;;/h7-13,18,26-27,33H,4-6,14-17,20-21H2,1-3H3,(H,34,38)(H,35,39);2*1H/t26-,27?,31?;;/m0../s1. The Morgan fingerprint density at radius 3 is 2.52 bits per heavy atom. The number of ether oxygens (including phenoxy) is 1. The first kappa shape index (κ1) is 31.2. The second kappa shape index (κ2) is 14.4. The first-order valence-corrected chi connectivity index (χ1v) is 15.4. The van der Waals surface area contributed by atoms with Gasteiger partial charge in [0.15, 0.2) is 0 Å². The van der Waals surface area contributed by atoms with Crippen molar-refractivity contribution in [1.29, 1.82) is 5.26 Å². The molecule has 4 rings (SSSR count). The molecule has 228 valence electrons. The Morgan fingerprint density at radius 2 is 1.86 bits per heavy atom. The highest BCUT2D eigenvalue weighted by molar-refractivity contribution is 8.01. The number of amides is 3. The topological polar surface area (TPSA) is 127 Å². The van der Waals surface area contributed by atoms with E-state index in [2.05, 4.69) is 26.9 Å². The van der Waals surface area contributed by atoms with E-state index in [0.29, 0.717) is 42.4 Å².